The molecule has 0 radical (unpaired) electrons. The number of benzene rings is 1. The summed E-state index contributed by atoms with van der Waals surface area (Å²) in [4.78, 5) is 22.4. The van der Waals surface area contributed by atoms with Crippen molar-refractivity contribution in [3.8, 4) is 11.5 Å². The number of methoxy groups -OCH3 is 1. The fourth-order valence-electron chi connectivity index (χ4n) is 2.31. The average Bonchev–Trinajstić information content (AvgIpc) is 2.87. The first-order valence-electron chi connectivity index (χ1n) is 6.04. The lowest BCUT2D eigenvalue weighted by Crippen LogP contribution is -2.17. The smallest absolute Gasteiger partial charge is 0.341 e. The summed E-state index contributed by atoms with van der Waals surface area (Å²) in [5, 5.41) is 31.4. The Hall–Kier alpha value is -2.28. The van der Waals surface area contributed by atoms with Crippen molar-refractivity contribution in [2.45, 2.75) is 12.5 Å². The van der Waals surface area contributed by atoms with E-state index in [0.717, 1.165) is 6.07 Å². The molecule has 1 aromatic carbocycles. The molecule has 2 rings (SSSR count). The molecule has 2 atom stereocenters. The summed E-state index contributed by atoms with van der Waals surface area (Å²) in [6, 6.07) is 1.98. The number of hydrogen-bond donors (Lipinski definition) is 4. The Labute approximate surface area is 114 Å². The zero-order valence-corrected chi connectivity index (χ0v) is 10.8. The number of carbonyl (C=O) groups is 2. The Balaban J connectivity index is 2.33. The number of carbonyl (C=O) groups excluding carboxylic acids is 1. The monoisotopic (exact) mass is 281 g/mol. The molecule has 1 aromatic rings. The van der Waals surface area contributed by atoms with Gasteiger partial charge in [-0.25, -0.2) is 4.79 Å². The second-order valence-electron chi connectivity index (χ2n) is 4.65. The highest BCUT2D eigenvalue weighted by molar-refractivity contribution is 5.93. The number of hydrogen-bond acceptors (Lipinski definition) is 6. The molecule has 0 spiro atoms. The molecule has 0 bridgehead atoms. The van der Waals surface area contributed by atoms with Crippen LogP contribution in [0.15, 0.2) is 12.1 Å². The standard InChI is InChI=1S/C13H15NO6/c1-20-13(19)8-3-7(10(15)4-11(8)16)9-2-6(5-14-9)12(17)18/h3-4,6,9,14-16H,2,5H2,1H3,(H,17,18). The topological polar surface area (TPSA) is 116 Å². The van der Waals surface area contributed by atoms with Crippen LogP contribution in [0.3, 0.4) is 0 Å². The van der Waals surface area contributed by atoms with Crippen LogP contribution < -0.4 is 5.32 Å². The van der Waals surface area contributed by atoms with Crippen LogP contribution in [0.25, 0.3) is 0 Å². The summed E-state index contributed by atoms with van der Waals surface area (Å²) >= 11 is 0. The van der Waals surface area contributed by atoms with E-state index in [1.807, 2.05) is 0 Å². The first kappa shape index (κ1) is 14.1. The number of aromatic hydroxyl groups is 2. The van der Waals surface area contributed by atoms with Gasteiger partial charge in [-0.15, -0.1) is 0 Å². The van der Waals surface area contributed by atoms with Crippen molar-refractivity contribution in [1.82, 2.24) is 5.32 Å². The molecule has 1 aliphatic rings. The van der Waals surface area contributed by atoms with E-state index in [1.54, 1.807) is 0 Å². The van der Waals surface area contributed by atoms with Crippen molar-refractivity contribution in [2.24, 2.45) is 5.92 Å². The van der Waals surface area contributed by atoms with Gasteiger partial charge < -0.3 is 25.4 Å². The quantitative estimate of drug-likeness (QED) is 0.600. The molecule has 0 aromatic heterocycles. The molecule has 1 fully saturated rings. The predicted octanol–water partition coefficient (Wildman–Crippen LogP) is 0.620. The molecular weight excluding hydrogens is 266 g/mol. The number of esters is 1. The normalized spacial score (nSPS) is 21.6. The van der Waals surface area contributed by atoms with Crippen molar-refractivity contribution in [2.75, 3.05) is 13.7 Å². The van der Waals surface area contributed by atoms with Crippen LogP contribution in [0.1, 0.15) is 28.4 Å². The molecule has 0 amide bonds. The Kier molecular flexibility index (Phi) is 3.80. The first-order valence-corrected chi connectivity index (χ1v) is 6.04. The summed E-state index contributed by atoms with van der Waals surface area (Å²) in [5.41, 5.74) is 0.299. The Morgan fingerprint density at radius 2 is 2.00 bits per heavy atom. The van der Waals surface area contributed by atoms with E-state index in [1.165, 1.54) is 13.2 Å². The Morgan fingerprint density at radius 1 is 1.30 bits per heavy atom. The second-order valence-corrected chi connectivity index (χ2v) is 4.65. The molecule has 108 valence electrons. The number of carboxylic acid groups (broad SMARTS) is 1. The van der Waals surface area contributed by atoms with Crippen LogP contribution in [-0.4, -0.2) is 40.9 Å². The van der Waals surface area contributed by atoms with Gasteiger partial charge in [0.1, 0.15) is 17.1 Å². The molecule has 7 heteroatoms. The minimum absolute atomic E-state index is 0.0686. The number of ether oxygens (including phenoxy) is 1. The molecule has 1 aliphatic heterocycles. The maximum Gasteiger partial charge on any atom is 0.341 e. The van der Waals surface area contributed by atoms with Gasteiger partial charge >= 0.3 is 11.9 Å². The maximum absolute atomic E-state index is 11.5. The van der Waals surface area contributed by atoms with Gasteiger partial charge in [-0.1, -0.05) is 0 Å². The SMILES string of the molecule is COC(=O)c1cc(C2CC(C(=O)O)CN2)c(O)cc1O. The zero-order chi connectivity index (χ0) is 14.9. The molecule has 2 unspecified atom stereocenters. The number of carboxylic acids is 1. The lowest BCUT2D eigenvalue weighted by Gasteiger charge is -2.14. The van der Waals surface area contributed by atoms with Crippen LogP contribution in [0.5, 0.6) is 11.5 Å². The van der Waals surface area contributed by atoms with Gasteiger partial charge in [-0.3, -0.25) is 4.79 Å². The van der Waals surface area contributed by atoms with Crippen LogP contribution in [0, 0.1) is 5.92 Å². The number of nitrogens with one attached hydrogen (secondary N) is 1. The molecule has 7 nitrogen and oxygen atoms in total. The highest BCUT2D eigenvalue weighted by Gasteiger charge is 2.32. The lowest BCUT2D eigenvalue weighted by atomic mass is 9.97. The van der Waals surface area contributed by atoms with Crippen LogP contribution in [0.2, 0.25) is 0 Å². The van der Waals surface area contributed by atoms with Crippen molar-refractivity contribution in [3.05, 3.63) is 23.3 Å². The number of phenols is 2. The third-order valence-electron chi connectivity index (χ3n) is 3.41. The minimum Gasteiger partial charge on any atom is -0.507 e. The summed E-state index contributed by atoms with van der Waals surface area (Å²) in [6.45, 7) is 0.286. The van der Waals surface area contributed by atoms with Gasteiger partial charge in [0.05, 0.1) is 13.0 Å². The summed E-state index contributed by atoms with van der Waals surface area (Å²) in [5.74, 6) is -2.76. The van der Waals surface area contributed by atoms with Crippen LogP contribution in [0.4, 0.5) is 0 Å². The van der Waals surface area contributed by atoms with Gasteiger partial charge in [0.2, 0.25) is 0 Å². The molecule has 0 aliphatic carbocycles. The number of rotatable bonds is 3. The van der Waals surface area contributed by atoms with E-state index < -0.39 is 17.9 Å². The Morgan fingerprint density at radius 3 is 2.55 bits per heavy atom. The molecular formula is C13H15NO6. The van der Waals surface area contributed by atoms with Crippen molar-refractivity contribution >= 4 is 11.9 Å². The lowest BCUT2D eigenvalue weighted by molar-refractivity contribution is -0.141. The predicted molar refractivity (Wildman–Crippen MR) is 67.6 cm³/mol. The van der Waals surface area contributed by atoms with E-state index in [0.29, 0.717) is 12.0 Å². The van der Waals surface area contributed by atoms with Crippen LogP contribution >= 0.6 is 0 Å². The Bertz CT molecular complexity index is 556. The fraction of sp³-hybridized carbons (Fsp3) is 0.385. The van der Waals surface area contributed by atoms with E-state index in [2.05, 4.69) is 10.1 Å². The van der Waals surface area contributed by atoms with Gasteiger partial charge in [0, 0.05) is 24.2 Å². The van der Waals surface area contributed by atoms with Gasteiger partial charge in [-0.05, 0) is 12.5 Å². The zero-order valence-electron chi connectivity index (χ0n) is 10.8. The van der Waals surface area contributed by atoms with E-state index in [-0.39, 0.29) is 29.6 Å². The highest BCUT2D eigenvalue weighted by Crippen LogP contribution is 2.36. The second kappa shape index (κ2) is 5.38. The minimum atomic E-state index is -0.911. The summed E-state index contributed by atoms with van der Waals surface area (Å²) < 4.78 is 4.54. The highest BCUT2D eigenvalue weighted by atomic mass is 16.5. The molecule has 20 heavy (non-hydrogen) atoms. The van der Waals surface area contributed by atoms with Crippen molar-refractivity contribution < 1.29 is 29.6 Å². The molecule has 4 N–H and O–H groups in total. The van der Waals surface area contributed by atoms with E-state index >= 15 is 0 Å². The molecule has 0 saturated carbocycles. The maximum atomic E-state index is 11.5. The van der Waals surface area contributed by atoms with Crippen LogP contribution in [-0.2, 0) is 9.53 Å². The van der Waals surface area contributed by atoms with Crippen molar-refractivity contribution in [1.29, 1.82) is 0 Å². The molecule has 1 saturated heterocycles. The summed E-state index contributed by atoms with van der Waals surface area (Å²) in [7, 11) is 1.18. The summed E-state index contributed by atoms with van der Waals surface area (Å²) in [6.07, 6.45) is 0.300. The van der Waals surface area contributed by atoms with Crippen molar-refractivity contribution in [3.63, 3.8) is 0 Å². The van der Waals surface area contributed by atoms with Gasteiger partial charge in [0.25, 0.3) is 0 Å². The number of phenolic OH excluding ortho intramolecular Hbond substituents is 2. The average molecular weight is 281 g/mol. The third-order valence-corrected chi connectivity index (χ3v) is 3.41. The van der Waals surface area contributed by atoms with Gasteiger partial charge in [0.15, 0.2) is 0 Å². The fourth-order valence-corrected chi connectivity index (χ4v) is 2.31. The number of aliphatic carboxylic acids is 1. The third kappa shape index (κ3) is 2.53. The largest absolute Gasteiger partial charge is 0.507 e. The van der Waals surface area contributed by atoms with E-state index in [4.69, 9.17) is 5.11 Å². The van der Waals surface area contributed by atoms with E-state index in [9.17, 15) is 19.8 Å². The molecule has 1 heterocycles. The van der Waals surface area contributed by atoms with Gasteiger partial charge in [-0.2, -0.15) is 0 Å². The first-order chi connectivity index (χ1) is 9.43.